The highest BCUT2D eigenvalue weighted by atomic mass is 19.4. The minimum absolute atomic E-state index is 0.0968. The molecule has 4 aromatic rings. The zero-order valence-corrected chi connectivity index (χ0v) is 15.8. The zero-order valence-electron chi connectivity index (χ0n) is 15.8. The van der Waals surface area contributed by atoms with Crippen molar-refractivity contribution in [1.82, 2.24) is 10.2 Å². The van der Waals surface area contributed by atoms with Gasteiger partial charge in [0.25, 0.3) is 0 Å². The number of aromatic nitrogens is 2. The number of hydrogen-bond donors (Lipinski definition) is 1. The third-order valence-electron chi connectivity index (χ3n) is 4.32. The van der Waals surface area contributed by atoms with Crippen LogP contribution in [-0.4, -0.2) is 16.6 Å². The second kappa shape index (κ2) is 8.47. The molecular formula is C22H15F4N3O2. The van der Waals surface area contributed by atoms with Crippen molar-refractivity contribution in [2.75, 3.05) is 5.32 Å². The van der Waals surface area contributed by atoms with Crippen molar-refractivity contribution in [2.24, 2.45) is 0 Å². The van der Waals surface area contributed by atoms with Gasteiger partial charge >= 0.3 is 6.36 Å². The molecule has 9 heteroatoms. The molecule has 1 unspecified atom stereocenters. The first kappa shape index (κ1) is 20.4. The summed E-state index contributed by atoms with van der Waals surface area (Å²) in [5.74, 6) is -0.520. The first-order valence-corrected chi connectivity index (χ1v) is 9.15. The number of rotatable bonds is 6. The van der Waals surface area contributed by atoms with Gasteiger partial charge < -0.3 is 14.5 Å². The van der Waals surface area contributed by atoms with E-state index in [4.69, 9.17) is 4.42 Å². The second-order valence-electron chi connectivity index (χ2n) is 6.48. The van der Waals surface area contributed by atoms with Crippen molar-refractivity contribution in [2.45, 2.75) is 12.4 Å². The Hall–Kier alpha value is -3.88. The molecule has 31 heavy (non-hydrogen) atoms. The largest absolute Gasteiger partial charge is 0.573 e. The van der Waals surface area contributed by atoms with Crippen molar-refractivity contribution >= 4 is 5.69 Å². The van der Waals surface area contributed by atoms with Crippen molar-refractivity contribution in [3.8, 4) is 17.2 Å². The van der Waals surface area contributed by atoms with Gasteiger partial charge in [-0.25, -0.2) is 4.39 Å². The van der Waals surface area contributed by atoms with Crippen LogP contribution in [0.5, 0.6) is 5.75 Å². The van der Waals surface area contributed by atoms with Crippen molar-refractivity contribution < 1.29 is 26.7 Å². The lowest BCUT2D eigenvalue weighted by Crippen LogP contribution is -2.17. The van der Waals surface area contributed by atoms with Crippen molar-refractivity contribution in [1.29, 1.82) is 0 Å². The average molecular weight is 429 g/mol. The number of ether oxygens (including phenoxy) is 1. The summed E-state index contributed by atoms with van der Waals surface area (Å²) >= 11 is 0. The van der Waals surface area contributed by atoms with Gasteiger partial charge in [-0.15, -0.1) is 23.4 Å². The summed E-state index contributed by atoms with van der Waals surface area (Å²) in [7, 11) is 0. The lowest BCUT2D eigenvalue weighted by molar-refractivity contribution is -0.274. The number of halogens is 4. The molecule has 4 rings (SSSR count). The van der Waals surface area contributed by atoms with E-state index in [1.165, 1.54) is 18.2 Å². The van der Waals surface area contributed by atoms with Crippen molar-refractivity contribution in [3.05, 3.63) is 96.1 Å². The number of anilines is 1. The van der Waals surface area contributed by atoms with Gasteiger partial charge in [-0.1, -0.05) is 36.4 Å². The van der Waals surface area contributed by atoms with Gasteiger partial charge in [-0.2, -0.15) is 0 Å². The number of nitrogens with zero attached hydrogens (tertiary/aromatic N) is 2. The fourth-order valence-electron chi connectivity index (χ4n) is 2.95. The Morgan fingerprint density at radius 2 is 1.52 bits per heavy atom. The van der Waals surface area contributed by atoms with E-state index in [2.05, 4.69) is 20.3 Å². The van der Waals surface area contributed by atoms with Crippen LogP contribution in [0.1, 0.15) is 17.5 Å². The minimum Gasteiger partial charge on any atom is -0.418 e. The van der Waals surface area contributed by atoms with Gasteiger partial charge in [0, 0.05) is 16.8 Å². The van der Waals surface area contributed by atoms with E-state index in [1.807, 2.05) is 18.2 Å². The quantitative estimate of drug-likeness (QED) is 0.383. The van der Waals surface area contributed by atoms with Crippen LogP contribution in [0.2, 0.25) is 0 Å². The van der Waals surface area contributed by atoms with Gasteiger partial charge in [0.1, 0.15) is 17.6 Å². The molecule has 0 amide bonds. The monoisotopic (exact) mass is 429 g/mol. The van der Waals surface area contributed by atoms with Gasteiger partial charge in [-0.3, -0.25) is 0 Å². The van der Waals surface area contributed by atoms with Gasteiger partial charge in [-0.05, 0) is 42.5 Å². The Bertz CT molecular complexity index is 1150. The summed E-state index contributed by atoms with van der Waals surface area (Å²) in [6.07, 6.45) is -4.79. The molecule has 0 radical (unpaired) electrons. The molecule has 0 saturated heterocycles. The molecule has 1 heterocycles. The van der Waals surface area contributed by atoms with Crippen LogP contribution < -0.4 is 10.1 Å². The summed E-state index contributed by atoms with van der Waals surface area (Å²) in [6, 6.07) is 19.3. The summed E-state index contributed by atoms with van der Waals surface area (Å²) in [4.78, 5) is 0. The molecule has 158 valence electrons. The molecule has 1 N–H and O–H groups in total. The van der Waals surface area contributed by atoms with Crippen LogP contribution in [-0.2, 0) is 0 Å². The van der Waals surface area contributed by atoms with E-state index in [9.17, 15) is 17.6 Å². The van der Waals surface area contributed by atoms with Crippen LogP contribution in [0.15, 0.2) is 83.3 Å². The molecule has 0 spiro atoms. The predicted molar refractivity (Wildman–Crippen MR) is 105 cm³/mol. The normalized spacial score (nSPS) is 12.4. The SMILES string of the molecule is Fc1ccccc1C(Nc1ccc(OC(F)(F)F)cc1)c1nnc(-c2ccccc2)o1. The number of hydrogen-bond acceptors (Lipinski definition) is 5. The highest BCUT2D eigenvalue weighted by Crippen LogP contribution is 2.31. The molecule has 0 aliphatic carbocycles. The van der Waals surface area contributed by atoms with Crippen LogP contribution in [0.25, 0.3) is 11.5 Å². The Morgan fingerprint density at radius 3 is 2.19 bits per heavy atom. The molecule has 0 saturated carbocycles. The maximum atomic E-state index is 14.5. The van der Waals surface area contributed by atoms with E-state index in [-0.39, 0.29) is 23.1 Å². The summed E-state index contributed by atoms with van der Waals surface area (Å²) < 4.78 is 61.3. The Labute approximate surface area is 174 Å². The highest BCUT2D eigenvalue weighted by Gasteiger charge is 2.31. The lowest BCUT2D eigenvalue weighted by Gasteiger charge is -2.18. The van der Waals surface area contributed by atoms with Crippen LogP contribution >= 0.6 is 0 Å². The number of benzene rings is 3. The molecule has 1 aromatic heterocycles. The number of alkyl halides is 3. The number of nitrogens with one attached hydrogen (secondary N) is 1. The third-order valence-corrected chi connectivity index (χ3v) is 4.32. The van der Waals surface area contributed by atoms with Crippen molar-refractivity contribution in [3.63, 3.8) is 0 Å². The lowest BCUT2D eigenvalue weighted by atomic mass is 10.1. The summed E-state index contributed by atoms with van der Waals surface area (Å²) in [6.45, 7) is 0. The Balaban J connectivity index is 1.65. The minimum atomic E-state index is -4.79. The van der Waals surface area contributed by atoms with Gasteiger partial charge in [0.15, 0.2) is 0 Å². The average Bonchev–Trinajstić information content (AvgIpc) is 3.23. The molecule has 0 aliphatic heterocycles. The van der Waals surface area contributed by atoms with Crippen LogP contribution in [0.4, 0.5) is 23.2 Å². The fourth-order valence-corrected chi connectivity index (χ4v) is 2.95. The van der Waals surface area contributed by atoms with E-state index in [0.717, 1.165) is 12.1 Å². The predicted octanol–water partition coefficient (Wildman–Crippen LogP) is 5.98. The molecule has 1 atom stereocenters. The van der Waals surface area contributed by atoms with Gasteiger partial charge in [0.05, 0.1) is 0 Å². The zero-order chi connectivity index (χ0) is 21.8. The Kier molecular flexibility index (Phi) is 5.57. The molecule has 5 nitrogen and oxygen atoms in total. The fraction of sp³-hybridized carbons (Fsp3) is 0.0909. The molecule has 3 aromatic carbocycles. The molecule has 0 aliphatic rings. The molecular weight excluding hydrogens is 414 g/mol. The summed E-state index contributed by atoms with van der Waals surface area (Å²) in [5, 5.41) is 11.1. The molecule has 0 fully saturated rings. The first-order chi connectivity index (χ1) is 14.9. The van der Waals surface area contributed by atoms with E-state index >= 15 is 0 Å². The van der Waals surface area contributed by atoms with Crippen LogP contribution in [0, 0.1) is 5.82 Å². The third kappa shape index (κ3) is 5.00. The van der Waals surface area contributed by atoms with E-state index in [0.29, 0.717) is 11.3 Å². The summed E-state index contributed by atoms with van der Waals surface area (Å²) in [5.41, 5.74) is 1.34. The standard InChI is InChI=1S/C22H15F4N3O2/c23-18-9-5-4-8-17(18)19(21-29-28-20(30-21)14-6-2-1-3-7-14)27-15-10-12-16(13-11-15)31-22(24,25)26/h1-13,19,27H. The topological polar surface area (TPSA) is 60.2 Å². The highest BCUT2D eigenvalue weighted by molar-refractivity contribution is 5.53. The Morgan fingerprint density at radius 1 is 0.839 bits per heavy atom. The second-order valence-corrected chi connectivity index (χ2v) is 6.48. The maximum absolute atomic E-state index is 14.5. The van der Waals surface area contributed by atoms with Gasteiger partial charge in [0.2, 0.25) is 11.8 Å². The van der Waals surface area contributed by atoms with Crippen LogP contribution in [0.3, 0.4) is 0 Å². The maximum Gasteiger partial charge on any atom is 0.573 e. The smallest absolute Gasteiger partial charge is 0.418 e. The molecule has 0 bridgehead atoms. The first-order valence-electron chi connectivity index (χ1n) is 9.15. The van der Waals surface area contributed by atoms with E-state index < -0.39 is 18.2 Å². The van der Waals surface area contributed by atoms with E-state index in [1.54, 1.807) is 30.3 Å².